The van der Waals surface area contributed by atoms with Crippen LogP contribution in [0.25, 0.3) is 0 Å². The molecule has 2 atom stereocenters. The standard InChI is InChI=1S/C14H14ClF3N4O4S/c15-10-9(14(16,17)18)3-8(6-19-10)27(25,26)20-5-7-1-2-13(4-7)11(23)21-12(24)22-13/h3,6-7,20H,1-2,4-5H2,(H2,21,22,23,24). The van der Waals surface area contributed by atoms with Gasteiger partial charge in [-0.3, -0.25) is 10.1 Å². The van der Waals surface area contributed by atoms with Crippen LogP contribution < -0.4 is 15.4 Å². The lowest BCUT2D eigenvalue weighted by Gasteiger charge is -2.19. The highest BCUT2D eigenvalue weighted by molar-refractivity contribution is 7.89. The summed E-state index contributed by atoms with van der Waals surface area (Å²) < 4.78 is 65.4. The van der Waals surface area contributed by atoms with Gasteiger partial charge >= 0.3 is 12.2 Å². The highest BCUT2D eigenvalue weighted by Crippen LogP contribution is 2.37. The topological polar surface area (TPSA) is 117 Å². The molecule has 3 rings (SSSR count). The fourth-order valence-electron chi connectivity index (χ4n) is 3.26. The molecule has 3 N–H and O–H groups in total. The monoisotopic (exact) mass is 426 g/mol. The Hall–Kier alpha value is -1.92. The first kappa shape index (κ1) is 19.8. The minimum atomic E-state index is -4.85. The minimum Gasteiger partial charge on any atom is -0.323 e. The van der Waals surface area contributed by atoms with Crippen molar-refractivity contribution < 1.29 is 31.2 Å². The molecule has 1 saturated heterocycles. The molecule has 0 radical (unpaired) electrons. The van der Waals surface area contributed by atoms with Crippen molar-refractivity contribution in [1.82, 2.24) is 20.3 Å². The van der Waals surface area contributed by atoms with Crippen molar-refractivity contribution in [3.63, 3.8) is 0 Å². The third kappa shape index (κ3) is 3.87. The van der Waals surface area contributed by atoms with Crippen LogP contribution in [0.1, 0.15) is 24.8 Å². The summed E-state index contributed by atoms with van der Waals surface area (Å²) in [4.78, 5) is 25.8. The van der Waals surface area contributed by atoms with Gasteiger partial charge in [0.15, 0.2) is 0 Å². The summed E-state index contributed by atoms with van der Waals surface area (Å²) in [6.45, 7) is -0.1000. The SMILES string of the molecule is O=C1NC(=O)C2(CCC(CNS(=O)(=O)c3cnc(Cl)c(C(F)(F)F)c3)C2)N1. The van der Waals surface area contributed by atoms with Crippen LogP contribution in [0.2, 0.25) is 5.15 Å². The number of pyridine rings is 1. The van der Waals surface area contributed by atoms with Crippen LogP contribution in [-0.4, -0.2) is 37.4 Å². The first-order valence-electron chi connectivity index (χ1n) is 7.79. The average molecular weight is 427 g/mol. The van der Waals surface area contributed by atoms with E-state index in [1.54, 1.807) is 0 Å². The van der Waals surface area contributed by atoms with E-state index in [1.165, 1.54) is 0 Å². The van der Waals surface area contributed by atoms with Gasteiger partial charge in [0.25, 0.3) is 5.91 Å². The van der Waals surface area contributed by atoms with Gasteiger partial charge in [-0.2, -0.15) is 13.2 Å². The van der Waals surface area contributed by atoms with Crippen molar-refractivity contribution >= 4 is 33.6 Å². The van der Waals surface area contributed by atoms with Crippen LogP contribution in [0.15, 0.2) is 17.2 Å². The van der Waals surface area contributed by atoms with Crippen molar-refractivity contribution in [2.45, 2.75) is 35.9 Å². The highest BCUT2D eigenvalue weighted by atomic mass is 35.5. The second kappa shape index (κ2) is 6.60. The molecule has 0 aromatic carbocycles. The number of alkyl halides is 3. The second-order valence-corrected chi connectivity index (χ2v) is 8.58. The number of imide groups is 1. The molecule has 1 aromatic heterocycles. The fraction of sp³-hybridized carbons (Fsp3) is 0.500. The smallest absolute Gasteiger partial charge is 0.323 e. The number of urea groups is 1. The van der Waals surface area contributed by atoms with Gasteiger partial charge in [-0.15, -0.1) is 0 Å². The lowest BCUT2D eigenvalue weighted by molar-refractivity contribution is -0.137. The van der Waals surface area contributed by atoms with Crippen LogP contribution in [0.5, 0.6) is 0 Å². The summed E-state index contributed by atoms with van der Waals surface area (Å²) in [6.07, 6.45) is -3.08. The van der Waals surface area contributed by atoms with E-state index in [2.05, 4.69) is 20.3 Å². The summed E-state index contributed by atoms with van der Waals surface area (Å²) in [5.74, 6) is -0.735. The van der Waals surface area contributed by atoms with Crippen molar-refractivity contribution in [3.8, 4) is 0 Å². The number of carbonyl (C=O) groups is 2. The molecule has 148 valence electrons. The maximum Gasteiger partial charge on any atom is 0.419 e. The summed E-state index contributed by atoms with van der Waals surface area (Å²) >= 11 is 5.39. The van der Waals surface area contributed by atoms with Crippen molar-refractivity contribution in [1.29, 1.82) is 0 Å². The molecule has 1 spiro atoms. The zero-order valence-corrected chi connectivity index (χ0v) is 15.1. The van der Waals surface area contributed by atoms with Gasteiger partial charge in [-0.05, 0) is 31.2 Å². The number of amides is 3. The fourth-order valence-corrected chi connectivity index (χ4v) is 4.55. The summed E-state index contributed by atoms with van der Waals surface area (Å²) in [5.41, 5.74) is -2.41. The Morgan fingerprint density at radius 2 is 2.07 bits per heavy atom. The first-order valence-corrected chi connectivity index (χ1v) is 9.65. The van der Waals surface area contributed by atoms with Crippen molar-refractivity contribution in [3.05, 3.63) is 23.0 Å². The molecule has 27 heavy (non-hydrogen) atoms. The maximum absolute atomic E-state index is 12.9. The van der Waals surface area contributed by atoms with Gasteiger partial charge in [-0.25, -0.2) is 22.9 Å². The van der Waals surface area contributed by atoms with Crippen LogP contribution in [0.3, 0.4) is 0 Å². The van der Waals surface area contributed by atoms with Crippen LogP contribution in [0, 0.1) is 5.92 Å². The predicted octanol–water partition coefficient (Wildman–Crippen LogP) is 1.41. The Balaban J connectivity index is 1.70. The Bertz CT molecular complexity index is 908. The average Bonchev–Trinajstić information content (AvgIpc) is 3.08. The van der Waals surface area contributed by atoms with Crippen LogP contribution in [0.4, 0.5) is 18.0 Å². The Morgan fingerprint density at radius 1 is 1.37 bits per heavy atom. The van der Waals surface area contributed by atoms with E-state index in [9.17, 15) is 31.2 Å². The highest BCUT2D eigenvalue weighted by Gasteiger charge is 2.51. The van der Waals surface area contributed by atoms with Gasteiger partial charge in [0.2, 0.25) is 10.0 Å². The summed E-state index contributed by atoms with van der Waals surface area (Å²) in [7, 11) is -4.27. The van der Waals surface area contributed by atoms with Crippen molar-refractivity contribution in [2.24, 2.45) is 5.92 Å². The molecule has 2 aliphatic rings. The molecule has 3 amide bonds. The van der Waals surface area contributed by atoms with Crippen molar-refractivity contribution in [2.75, 3.05) is 6.54 Å². The lowest BCUT2D eigenvalue weighted by Crippen LogP contribution is -2.44. The molecule has 8 nitrogen and oxygen atoms in total. The molecule has 2 unspecified atom stereocenters. The van der Waals surface area contributed by atoms with Gasteiger partial charge in [0.1, 0.15) is 15.6 Å². The molecule has 13 heteroatoms. The maximum atomic E-state index is 12.9. The molecule has 1 aromatic rings. The van der Waals surface area contributed by atoms with E-state index < -0.39 is 49.3 Å². The van der Waals surface area contributed by atoms with Gasteiger partial charge in [0, 0.05) is 12.7 Å². The number of nitrogens with zero attached hydrogens (tertiary/aromatic N) is 1. The number of hydrogen-bond acceptors (Lipinski definition) is 5. The second-order valence-electron chi connectivity index (χ2n) is 6.46. The molecular formula is C14H14ClF3N4O4S. The number of halogens is 4. The summed E-state index contributed by atoms with van der Waals surface area (Å²) in [6, 6.07) is -0.188. The Labute approximate surface area is 156 Å². The van der Waals surface area contributed by atoms with E-state index in [4.69, 9.17) is 11.6 Å². The molecule has 0 bridgehead atoms. The third-order valence-electron chi connectivity index (χ3n) is 4.62. The van der Waals surface area contributed by atoms with E-state index in [0.717, 1.165) is 6.20 Å². The first-order chi connectivity index (χ1) is 12.4. The molecule has 1 aliphatic carbocycles. The number of nitrogens with one attached hydrogen (secondary N) is 3. The van der Waals surface area contributed by atoms with Crippen LogP contribution in [-0.2, 0) is 21.0 Å². The van der Waals surface area contributed by atoms with Gasteiger partial charge < -0.3 is 5.32 Å². The minimum absolute atomic E-state index is 0.1000. The zero-order valence-electron chi connectivity index (χ0n) is 13.6. The number of hydrogen-bond donors (Lipinski definition) is 3. The quantitative estimate of drug-likeness (QED) is 0.497. The largest absolute Gasteiger partial charge is 0.419 e. The van der Waals surface area contributed by atoms with E-state index in [0.29, 0.717) is 18.9 Å². The van der Waals surface area contributed by atoms with E-state index in [1.807, 2.05) is 0 Å². The molecular weight excluding hydrogens is 413 g/mol. The number of sulfonamides is 1. The Kier molecular flexibility index (Phi) is 4.85. The zero-order chi connectivity index (χ0) is 20.0. The Morgan fingerprint density at radius 3 is 2.67 bits per heavy atom. The predicted molar refractivity (Wildman–Crippen MR) is 86.2 cm³/mol. The lowest BCUT2D eigenvalue weighted by atomic mass is 9.96. The molecule has 1 saturated carbocycles. The molecule has 1 aliphatic heterocycles. The third-order valence-corrected chi connectivity index (χ3v) is 6.31. The van der Waals surface area contributed by atoms with Crippen LogP contribution >= 0.6 is 11.6 Å². The van der Waals surface area contributed by atoms with Gasteiger partial charge in [0.05, 0.1) is 5.56 Å². The van der Waals surface area contributed by atoms with E-state index >= 15 is 0 Å². The summed E-state index contributed by atoms with van der Waals surface area (Å²) in [5, 5.41) is 3.84. The number of carbonyl (C=O) groups excluding carboxylic acids is 2. The normalized spacial score (nSPS) is 25.7. The number of rotatable bonds is 4. The van der Waals surface area contributed by atoms with E-state index in [-0.39, 0.29) is 18.9 Å². The number of aromatic nitrogens is 1. The molecule has 2 heterocycles. The van der Waals surface area contributed by atoms with Gasteiger partial charge in [-0.1, -0.05) is 11.6 Å². The molecule has 2 fully saturated rings.